The third-order valence-corrected chi connectivity index (χ3v) is 3.88. The Labute approximate surface area is 176 Å². The maximum absolute atomic E-state index is 12.9. The first-order chi connectivity index (χ1) is 13.9. The van der Waals surface area contributed by atoms with Crippen LogP contribution in [0.2, 0.25) is 0 Å². The minimum absolute atomic E-state index is 0.0184. The van der Waals surface area contributed by atoms with E-state index in [4.69, 9.17) is 14.2 Å². The van der Waals surface area contributed by atoms with Crippen LogP contribution in [-0.2, 0) is 14.3 Å². The van der Waals surface area contributed by atoms with Crippen molar-refractivity contribution in [1.82, 2.24) is 5.32 Å². The van der Waals surface area contributed by atoms with Gasteiger partial charge in [-0.2, -0.15) is 0 Å². The third kappa shape index (κ3) is 7.06. The molecule has 0 bridgehead atoms. The molecule has 1 aromatic carbocycles. The Morgan fingerprint density at radius 2 is 1.77 bits per heavy atom. The summed E-state index contributed by atoms with van der Waals surface area (Å²) in [6, 6.07) is 1.89. The van der Waals surface area contributed by atoms with Crippen LogP contribution in [0.25, 0.3) is 0 Å². The smallest absolute Gasteiger partial charge is 0.408 e. The van der Waals surface area contributed by atoms with Gasteiger partial charge < -0.3 is 24.8 Å². The molecule has 0 aliphatic carbocycles. The van der Waals surface area contributed by atoms with E-state index in [2.05, 4.69) is 10.6 Å². The summed E-state index contributed by atoms with van der Waals surface area (Å²) in [5, 5.41) is 5.18. The Bertz CT molecular complexity index is 797. The molecular formula is C21H30N2O7. The number of hydrogen-bond acceptors (Lipinski definition) is 7. The molecule has 2 amide bonds. The van der Waals surface area contributed by atoms with Crippen LogP contribution >= 0.6 is 0 Å². The van der Waals surface area contributed by atoms with Crippen molar-refractivity contribution in [2.24, 2.45) is 5.92 Å². The number of carbonyl (C=O) groups is 4. The van der Waals surface area contributed by atoms with Gasteiger partial charge in [0.05, 0.1) is 25.5 Å². The average molecular weight is 422 g/mol. The molecule has 0 aromatic heterocycles. The molecule has 0 unspecified atom stereocenters. The van der Waals surface area contributed by atoms with E-state index in [1.165, 1.54) is 26.4 Å². The van der Waals surface area contributed by atoms with Crippen molar-refractivity contribution in [3.05, 3.63) is 23.3 Å². The summed E-state index contributed by atoms with van der Waals surface area (Å²) in [5.74, 6) is -1.27. The van der Waals surface area contributed by atoms with Crippen molar-refractivity contribution in [3.63, 3.8) is 0 Å². The number of methoxy groups -OCH3 is 2. The monoisotopic (exact) mass is 422 g/mol. The summed E-state index contributed by atoms with van der Waals surface area (Å²) >= 11 is 0. The third-order valence-electron chi connectivity index (χ3n) is 3.88. The Kier molecular flexibility index (Phi) is 8.82. The number of rotatable bonds is 8. The molecule has 0 aliphatic rings. The zero-order chi connectivity index (χ0) is 23.1. The summed E-state index contributed by atoms with van der Waals surface area (Å²) in [6.45, 7) is 8.95. The molecule has 0 spiro atoms. The Hall–Kier alpha value is -3.10. The van der Waals surface area contributed by atoms with Crippen LogP contribution in [0.1, 0.15) is 61.8 Å². The van der Waals surface area contributed by atoms with Gasteiger partial charge in [-0.15, -0.1) is 0 Å². The van der Waals surface area contributed by atoms with Gasteiger partial charge in [-0.05, 0) is 45.2 Å². The number of ether oxygens (including phenoxy) is 3. The van der Waals surface area contributed by atoms with E-state index < -0.39 is 29.6 Å². The standard InChI is InChI=1S/C21H30N2O7/c1-12(2)10-15(23-20(27)30-21(3,4)5)18(25)22-14-9-8-13(11-24)17(28-6)16(14)19(26)29-7/h8-9,11-12,15H,10H2,1-7H3,(H,22,25)(H,23,27)/t15-/m1/s1. The fourth-order valence-corrected chi connectivity index (χ4v) is 2.69. The Morgan fingerprint density at radius 3 is 2.23 bits per heavy atom. The highest BCUT2D eigenvalue weighted by Gasteiger charge is 2.28. The lowest BCUT2D eigenvalue weighted by atomic mass is 10.0. The number of alkyl carbamates (subject to hydrolysis) is 1. The molecule has 0 heterocycles. The zero-order valence-electron chi connectivity index (χ0n) is 18.5. The number of anilines is 1. The molecule has 2 N–H and O–H groups in total. The van der Waals surface area contributed by atoms with Crippen molar-refractivity contribution in [1.29, 1.82) is 0 Å². The van der Waals surface area contributed by atoms with E-state index in [0.717, 1.165) is 0 Å². The summed E-state index contributed by atoms with van der Waals surface area (Å²) < 4.78 is 15.2. The zero-order valence-corrected chi connectivity index (χ0v) is 18.5. The first-order valence-electron chi connectivity index (χ1n) is 9.48. The highest BCUT2D eigenvalue weighted by Crippen LogP contribution is 2.31. The van der Waals surface area contributed by atoms with Crippen molar-refractivity contribution in [3.8, 4) is 5.75 Å². The fourth-order valence-electron chi connectivity index (χ4n) is 2.69. The van der Waals surface area contributed by atoms with Crippen LogP contribution in [0.15, 0.2) is 12.1 Å². The first-order valence-corrected chi connectivity index (χ1v) is 9.48. The molecule has 9 nitrogen and oxygen atoms in total. The molecule has 0 aliphatic heterocycles. The predicted molar refractivity (Wildman–Crippen MR) is 111 cm³/mol. The van der Waals surface area contributed by atoms with E-state index in [0.29, 0.717) is 12.7 Å². The quantitative estimate of drug-likeness (QED) is 0.488. The molecule has 0 radical (unpaired) electrons. The molecule has 9 heteroatoms. The number of amides is 2. The van der Waals surface area contributed by atoms with E-state index in [1.807, 2.05) is 13.8 Å². The fraction of sp³-hybridized carbons (Fsp3) is 0.524. The lowest BCUT2D eigenvalue weighted by Crippen LogP contribution is -2.46. The summed E-state index contributed by atoms with van der Waals surface area (Å²) in [6.07, 6.45) is 0.135. The molecule has 166 valence electrons. The van der Waals surface area contributed by atoms with E-state index in [9.17, 15) is 19.2 Å². The minimum Gasteiger partial charge on any atom is -0.495 e. The number of hydrogen-bond donors (Lipinski definition) is 2. The Morgan fingerprint density at radius 1 is 1.13 bits per heavy atom. The van der Waals surface area contributed by atoms with Crippen LogP contribution in [0, 0.1) is 5.92 Å². The van der Waals surface area contributed by atoms with E-state index in [1.54, 1.807) is 20.8 Å². The van der Waals surface area contributed by atoms with Crippen molar-refractivity contribution >= 4 is 29.9 Å². The predicted octanol–water partition coefficient (Wildman–Crippen LogP) is 3.17. The molecule has 1 atom stereocenters. The second-order valence-corrected chi connectivity index (χ2v) is 8.04. The van der Waals surface area contributed by atoms with Gasteiger partial charge in [0.25, 0.3) is 0 Å². The molecule has 0 saturated heterocycles. The highest BCUT2D eigenvalue weighted by molar-refractivity contribution is 6.06. The molecule has 0 saturated carbocycles. The summed E-state index contributed by atoms with van der Waals surface area (Å²) in [7, 11) is 2.47. The summed E-state index contributed by atoms with van der Waals surface area (Å²) in [5.41, 5.74) is -0.604. The van der Waals surface area contributed by atoms with Gasteiger partial charge in [-0.1, -0.05) is 13.8 Å². The van der Waals surface area contributed by atoms with E-state index >= 15 is 0 Å². The number of carbonyl (C=O) groups excluding carboxylic acids is 4. The van der Waals surface area contributed by atoms with Crippen molar-refractivity contribution in [2.45, 2.75) is 52.7 Å². The van der Waals surface area contributed by atoms with Gasteiger partial charge in [0, 0.05) is 0 Å². The maximum atomic E-state index is 12.9. The topological polar surface area (TPSA) is 120 Å². The highest BCUT2D eigenvalue weighted by atomic mass is 16.6. The molecule has 1 rings (SSSR count). The maximum Gasteiger partial charge on any atom is 0.408 e. The minimum atomic E-state index is -0.915. The van der Waals surface area contributed by atoms with Gasteiger partial charge in [-0.25, -0.2) is 9.59 Å². The number of benzene rings is 1. The van der Waals surface area contributed by atoms with Gasteiger partial charge in [0.2, 0.25) is 5.91 Å². The number of aldehydes is 1. The molecule has 30 heavy (non-hydrogen) atoms. The van der Waals surface area contributed by atoms with Crippen molar-refractivity contribution in [2.75, 3.05) is 19.5 Å². The van der Waals surface area contributed by atoms with Gasteiger partial charge in [0.1, 0.15) is 23.0 Å². The normalized spacial score (nSPS) is 12.0. The SMILES string of the molecule is COC(=O)c1c(NC(=O)[C@@H](CC(C)C)NC(=O)OC(C)(C)C)ccc(C=O)c1OC. The number of esters is 1. The van der Waals surface area contributed by atoms with Crippen LogP contribution in [0.4, 0.5) is 10.5 Å². The van der Waals surface area contributed by atoms with Gasteiger partial charge in [0.15, 0.2) is 6.29 Å². The Balaban J connectivity index is 3.23. The van der Waals surface area contributed by atoms with Gasteiger partial charge >= 0.3 is 12.1 Å². The summed E-state index contributed by atoms with van der Waals surface area (Å²) in [4.78, 5) is 48.6. The molecule has 0 fully saturated rings. The second kappa shape index (κ2) is 10.6. The van der Waals surface area contributed by atoms with Crippen molar-refractivity contribution < 1.29 is 33.4 Å². The second-order valence-electron chi connectivity index (χ2n) is 8.04. The largest absolute Gasteiger partial charge is 0.495 e. The van der Waals surface area contributed by atoms with Crippen LogP contribution < -0.4 is 15.4 Å². The molecule has 1 aromatic rings. The average Bonchev–Trinajstić information content (AvgIpc) is 2.64. The van der Waals surface area contributed by atoms with Crippen LogP contribution in [0.5, 0.6) is 5.75 Å². The van der Waals surface area contributed by atoms with Crippen LogP contribution in [0.3, 0.4) is 0 Å². The first kappa shape index (κ1) is 24.9. The lowest BCUT2D eigenvalue weighted by Gasteiger charge is -2.24. The van der Waals surface area contributed by atoms with Crippen LogP contribution in [-0.4, -0.2) is 50.1 Å². The van der Waals surface area contributed by atoms with Gasteiger partial charge in [-0.3, -0.25) is 9.59 Å². The lowest BCUT2D eigenvalue weighted by molar-refractivity contribution is -0.118. The molecular weight excluding hydrogens is 392 g/mol. The number of nitrogens with one attached hydrogen (secondary N) is 2. The van der Waals surface area contributed by atoms with E-state index in [-0.39, 0.29) is 28.5 Å².